The lowest BCUT2D eigenvalue weighted by Crippen LogP contribution is -2.38. The third-order valence-corrected chi connectivity index (χ3v) is 5.73. The number of nitrogens with zero attached hydrogens (tertiary/aromatic N) is 5. The lowest BCUT2D eigenvalue weighted by molar-refractivity contribution is -0.384. The molecule has 0 unspecified atom stereocenters. The third kappa shape index (κ3) is 4.75. The van der Waals surface area contributed by atoms with Crippen LogP contribution in [0.3, 0.4) is 0 Å². The molecule has 0 radical (unpaired) electrons. The molecular formula is C20H21N5O3S. The van der Waals surface area contributed by atoms with Crippen molar-refractivity contribution in [1.29, 1.82) is 0 Å². The Bertz CT molecular complexity index is 956. The second-order valence-corrected chi connectivity index (χ2v) is 7.61. The SMILES string of the molecule is O=[N+]([O-])c1ccc(CSc2nnc(N3CCOCC3)n2Cc2ccccc2)cc1. The molecule has 3 aromatic rings. The molecule has 1 aromatic heterocycles. The van der Waals surface area contributed by atoms with Crippen molar-refractivity contribution in [2.24, 2.45) is 0 Å². The van der Waals surface area contributed by atoms with Crippen LogP contribution in [0.1, 0.15) is 11.1 Å². The van der Waals surface area contributed by atoms with Crippen LogP contribution >= 0.6 is 11.8 Å². The Labute approximate surface area is 172 Å². The van der Waals surface area contributed by atoms with Crippen LogP contribution in [0.15, 0.2) is 59.8 Å². The zero-order valence-corrected chi connectivity index (χ0v) is 16.6. The molecule has 8 nitrogen and oxygen atoms in total. The van der Waals surface area contributed by atoms with Crippen LogP contribution in [-0.4, -0.2) is 46.0 Å². The summed E-state index contributed by atoms with van der Waals surface area (Å²) in [6.45, 7) is 3.63. The quantitative estimate of drug-likeness (QED) is 0.335. The number of nitro benzene ring substituents is 1. The molecule has 1 aliphatic rings. The maximum atomic E-state index is 10.8. The van der Waals surface area contributed by atoms with E-state index in [4.69, 9.17) is 4.74 Å². The first-order valence-corrected chi connectivity index (χ1v) is 10.4. The van der Waals surface area contributed by atoms with Crippen molar-refractivity contribution in [1.82, 2.24) is 14.8 Å². The van der Waals surface area contributed by atoms with Crippen molar-refractivity contribution in [2.45, 2.75) is 17.5 Å². The molecule has 29 heavy (non-hydrogen) atoms. The summed E-state index contributed by atoms with van der Waals surface area (Å²) < 4.78 is 7.60. The molecule has 0 bridgehead atoms. The Kier molecular flexibility index (Phi) is 6.06. The fourth-order valence-electron chi connectivity index (χ4n) is 3.15. The van der Waals surface area contributed by atoms with Gasteiger partial charge < -0.3 is 9.64 Å². The van der Waals surface area contributed by atoms with Crippen molar-refractivity contribution < 1.29 is 9.66 Å². The predicted octanol–water partition coefficient (Wildman–Crippen LogP) is 3.36. The van der Waals surface area contributed by atoms with Gasteiger partial charge in [-0.25, -0.2) is 0 Å². The fraction of sp³-hybridized carbons (Fsp3) is 0.300. The smallest absolute Gasteiger partial charge is 0.269 e. The van der Waals surface area contributed by atoms with Crippen LogP contribution in [0.25, 0.3) is 0 Å². The number of rotatable bonds is 7. The first-order valence-electron chi connectivity index (χ1n) is 9.36. The number of anilines is 1. The number of thioether (sulfide) groups is 1. The second kappa shape index (κ2) is 9.06. The van der Waals surface area contributed by atoms with E-state index in [-0.39, 0.29) is 10.6 Å². The van der Waals surface area contributed by atoms with E-state index in [9.17, 15) is 10.1 Å². The Morgan fingerprint density at radius 2 is 1.72 bits per heavy atom. The molecule has 0 spiro atoms. The number of hydrogen-bond acceptors (Lipinski definition) is 7. The molecule has 2 heterocycles. The minimum atomic E-state index is -0.387. The summed E-state index contributed by atoms with van der Waals surface area (Å²) in [4.78, 5) is 12.6. The van der Waals surface area contributed by atoms with Gasteiger partial charge in [0.15, 0.2) is 5.16 Å². The van der Waals surface area contributed by atoms with Gasteiger partial charge in [-0.3, -0.25) is 14.7 Å². The molecule has 4 rings (SSSR count). The summed E-state index contributed by atoms with van der Waals surface area (Å²) in [5.41, 5.74) is 2.28. The van der Waals surface area contributed by atoms with E-state index in [1.807, 2.05) is 18.2 Å². The molecule has 9 heteroatoms. The van der Waals surface area contributed by atoms with Crippen molar-refractivity contribution >= 4 is 23.4 Å². The van der Waals surface area contributed by atoms with Crippen molar-refractivity contribution in [3.05, 3.63) is 75.8 Å². The summed E-state index contributed by atoms with van der Waals surface area (Å²) in [7, 11) is 0. The fourth-order valence-corrected chi connectivity index (χ4v) is 4.04. The first kappa shape index (κ1) is 19.4. The van der Waals surface area contributed by atoms with Crippen molar-refractivity contribution in [2.75, 3.05) is 31.2 Å². The highest BCUT2D eigenvalue weighted by atomic mass is 32.2. The summed E-state index contributed by atoms with van der Waals surface area (Å²) in [6.07, 6.45) is 0. The topological polar surface area (TPSA) is 86.3 Å². The van der Waals surface area contributed by atoms with Crippen LogP contribution in [0.5, 0.6) is 0 Å². The summed E-state index contributed by atoms with van der Waals surface area (Å²) >= 11 is 1.58. The van der Waals surface area contributed by atoms with E-state index in [2.05, 4.69) is 31.8 Å². The van der Waals surface area contributed by atoms with Gasteiger partial charge in [0.1, 0.15) is 0 Å². The monoisotopic (exact) mass is 411 g/mol. The van der Waals surface area contributed by atoms with Gasteiger partial charge in [-0.1, -0.05) is 54.2 Å². The zero-order valence-electron chi connectivity index (χ0n) is 15.8. The van der Waals surface area contributed by atoms with Crippen molar-refractivity contribution in [3.8, 4) is 0 Å². The average Bonchev–Trinajstić information content (AvgIpc) is 3.16. The van der Waals surface area contributed by atoms with E-state index in [1.165, 1.54) is 17.7 Å². The summed E-state index contributed by atoms with van der Waals surface area (Å²) in [5.74, 6) is 1.51. The lowest BCUT2D eigenvalue weighted by atomic mass is 10.2. The number of ether oxygens (including phenoxy) is 1. The van der Waals surface area contributed by atoms with Gasteiger partial charge in [-0.05, 0) is 11.1 Å². The van der Waals surface area contributed by atoms with Gasteiger partial charge in [0, 0.05) is 31.0 Å². The standard InChI is InChI=1S/C20H21N5O3S/c26-25(27)18-8-6-17(7-9-18)15-29-20-22-21-19(23-10-12-28-13-11-23)24(20)14-16-4-2-1-3-5-16/h1-9H,10-15H2. The van der Waals surface area contributed by atoms with Crippen LogP contribution in [0.2, 0.25) is 0 Å². The van der Waals surface area contributed by atoms with E-state index < -0.39 is 0 Å². The van der Waals surface area contributed by atoms with E-state index in [1.54, 1.807) is 23.9 Å². The van der Waals surface area contributed by atoms with Crippen LogP contribution in [0.4, 0.5) is 11.6 Å². The van der Waals surface area contributed by atoms with Crippen LogP contribution in [0, 0.1) is 10.1 Å². The summed E-state index contributed by atoms with van der Waals surface area (Å²) in [5, 5.41) is 20.5. The van der Waals surface area contributed by atoms with Crippen molar-refractivity contribution in [3.63, 3.8) is 0 Å². The Morgan fingerprint density at radius 1 is 1.00 bits per heavy atom. The minimum absolute atomic E-state index is 0.0978. The Hall–Kier alpha value is -2.91. The molecule has 0 amide bonds. The molecule has 1 aliphatic heterocycles. The Balaban J connectivity index is 1.55. The number of hydrogen-bond donors (Lipinski definition) is 0. The molecule has 2 aromatic carbocycles. The van der Waals surface area contributed by atoms with Gasteiger partial charge in [-0.2, -0.15) is 0 Å². The molecule has 0 aliphatic carbocycles. The third-order valence-electron chi connectivity index (χ3n) is 4.69. The molecular weight excluding hydrogens is 390 g/mol. The Morgan fingerprint density at radius 3 is 2.41 bits per heavy atom. The molecule has 150 valence electrons. The second-order valence-electron chi connectivity index (χ2n) is 6.67. The zero-order chi connectivity index (χ0) is 20.1. The number of nitro groups is 1. The lowest BCUT2D eigenvalue weighted by Gasteiger charge is -2.28. The van der Waals surface area contributed by atoms with Crippen LogP contribution < -0.4 is 4.90 Å². The van der Waals surface area contributed by atoms with E-state index in [0.29, 0.717) is 25.5 Å². The number of aromatic nitrogens is 3. The van der Waals surface area contributed by atoms with Gasteiger partial charge in [0.2, 0.25) is 5.95 Å². The van der Waals surface area contributed by atoms with Gasteiger partial charge >= 0.3 is 0 Å². The largest absolute Gasteiger partial charge is 0.378 e. The highest BCUT2D eigenvalue weighted by Gasteiger charge is 2.21. The molecule has 0 saturated carbocycles. The summed E-state index contributed by atoms with van der Waals surface area (Å²) in [6, 6.07) is 16.9. The highest BCUT2D eigenvalue weighted by Crippen LogP contribution is 2.27. The first-order chi connectivity index (χ1) is 14.2. The number of morpholine rings is 1. The minimum Gasteiger partial charge on any atom is -0.378 e. The molecule has 0 N–H and O–H groups in total. The normalized spacial score (nSPS) is 14.1. The number of non-ortho nitro benzene ring substituents is 1. The average molecular weight is 411 g/mol. The maximum absolute atomic E-state index is 10.8. The van der Waals surface area contributed by atoms with Gasteiger partial charge in [0.05, 0.1) is 24.7 Å². The number of benzene rings is 2. The molecule has 0 atom stereocenters. The van der Waals surface area contributed by atoms with Gasteiger partial charge in [-0.15, -0.1) is 10.2 Å². The maximum Gasteiger partial charge on any atom is 0.269 e. The highest BCUT2D eigenvalue weighted by molar-refractivity contribution is 7.98. The molecule has 1 saturated heterocycles. The predicted molar refractivity (Wildman–Crippen MR) is 111 cm³/mol. The van der Waals surface area contributed by atoms with E-state index >= 15 is 0 Å². The van der Waals surface area contributed by atoms with E-state index in [0.717, 1.165) is 29.8 Å². The van der Waals surface area contributed by atoms with Crippen LogP contribution in [-0.2, 0) is 17.0 Å². The molecule has 1 fully saturated rings. The van der Waals surface area contributed by atoms with Gasteiger partial charge in [0.25, 0.3) is 5.69 Å².